The van der Waals surface area contributed by atoms with E-state index in [9.17, 15) is 4.79 Å². The molecule has 0 aliphatic carbocycles. The van der Waals surface area contributed by atoms with E-state index in [1.807, 2.05) is 30.3 Å². The number of ether oxygens (including phenoxy) is 1. The summed E-state index contributed by atoms with van der Waals surface area (Å²) >= 11 is 0. The Labute approximate surface area is 124 Å². The summed E-state index contributed by atoms with van der Waals surface area (Å²) in [5.41, 5.74) is 7.63. The Kier molecular flexibility index (Phi) is 5.29. The summed E-state index contributed by atoms with van der Waals surface area (Å²) < 4.78 is 5.47. The summed E-state index contributed by atoms with van der Waals surface area (Å²) in [6.45, 7) is 2.43. The molecule has 1 aromatic heterocycles. The molecule has 0 radical (unpaired) electrons. The highest BCUT2D eigenvalue weighted by Gasteiger charge is 2.05. The van der Waals surface area contributed by atoms with Gasteiger partial charge in [-0.2, -0.15) is 0 Å². The minimum atomic E-state index is -0.251. The topological polar surface area (TPSA) is 77.2 Å². The van der Waals surface area contributed by atoms with Crippen molar-refractivity contribution in [2.75, 3.05) is 11.9 Å². The Balaban J connectivity index is 1.89. The van der Waals surface area contributed by atoms with Crippen molar-refractivity contribution < 1.29 is 9.53 Å². The van der Waals surface area contributed by atoms with E-state index in [-0.39, 0.29) is 12.5 Å². The van der Waals surface area contributed by atoms with Gasteiger partial charge in [0.25, 0.3) is 5.91 Å². The molecule has 0 aliphatic heterocycles. The molecule has 0 bridgehead atoms. The van der Waals surface area contributed by atoms with Crippen molar-refractivity contribution in [1.82, 2.24) is 4.98 Å². The molecule has 1 heterocycles. The SMILES string of the molecule is CCc1cccc(OCC(=O)Nc2cc(CN)ccn2)c1. The van der Waals surface area contributed by atoms with Crippen LogP contribution in [0, 0.1) is 0 Å². The fraction of sp³-hybridized carbons (Fsp3) is 0.250. The van der Waals surface area contributed by atoms with Crippen LogP contribution in [0.5, 0.6) is 5.75 Å². The van der Waals surface area contributed by atoms with E-state index in [1.165, 1.54) is 5.56 Å². The number of aromatic nitrogens is 1. The Morgan fingerprint density at radius 1 is 1.29 bits per heavy atom. The van der Waals surface area contributed by atoms with Gasteiger partial charge in [0.2, 0.25) is 0 Å². The van der Waals surface area contributed by atoms with Crippen LogP contribution in [-0.4, -0.2) is 17.5 Å². The summed E-state index contributed by atoms with van der Waals surface area (Å²) in [5, 5.41) is 2.68. The maximum atomic E-state index is 11.8. The molecule has 0 fully saturated rings. The number of carbonyl (C=O) groups is 1. The molecular weight excluding hydrogens is 266 g/mol. The summed E-state index contributed by atoms with van der Waals surface area (Å²) in [5.74, 6) is 0.917. The van der Waals surface area contributed by atoms with Gasteiger partial charge in [0, 0.05) is 12.7 Å². The van der Waals surface area contributed by atoms with E-state index < -0.39 is 0 Å². The Hall–Kier alpha value is -2.40. The number of hydrogen-bond donors (Lipinski definition) is 2. The molecule has 1 aromatic carbocycles. The molecule has 0 saturated heterocycles. The van der Waals surface area contributed by atoms with Gasteiger partial charge in [0.15, 0.2) is 6.61 Å². The molecule has 0 unspecified atom stereocenters. The molecule has 5 heteroatoms. The summed E-state index contributed by atoms with van der Waals surface area (Å²) in [7, 11) is 0. The van der Waals surface area contributed by atoms with E-state index in [2.05, 4.69) is 17.2 Å². The summed E-state index contributed by atoms with van der Waals surface area (Å²) in [6.07, 6.45) is 2.54. The zero-order chi connectivity index (χ0) is 15.1. The molecule has 110 valence electrons. The maximum Gasteiger partial charge on any atom is 0.263 e. The highest BCUT2D eigenvalue weighted by atomic mass is 16.5. The van der Waals surface area contributed by atoms with Crippen molar-refractivity contribution in [3.8, 4) is 5.75 Å². The standard InChI is InChI=1S/C16H19N3O2/c1-2-12-4-3-5-14(8-12)21-11-16(20)19-15-9-13(10-17)6-7-18-15/h3-9H,2,10-11,17H2,1H3,(H,18,19,20). The van der Waals surface area contributed by atoms with Crippen LogP contribution in [0.25, 0.3) is 0 Å². The molecule has 2 aromatic rings. The number of hydrogen-bond acceptors (Lipinski definition) is 4. The molecule has 5 nitrogen and oxygen atoms in total. The van der Waals surface area contributed by atoms with Gasteiger partial charge in [-0.25, -0.2) is 4.98 Å². The first-order valence-electron chi connectivity index (χ1n) is 6.88. The lowest BCUT2D eigenvalue weighted by Crippen LogP contribution is -2.21. The molecule has 21 heavy (non-hydrogen) atoms. The second kappa shape index (κ2) is 7.40. The lowest BCUT2D eigenvalue weighted by Gasteiger charge is -2.08. The molecule has 2 rings (SSSR count). The Bertz CT molecular complexity index is 614. The van der Waals surface area contributed by atoms with Crippen molar-refractivity contribution in [3.05, 3.63) is 53.7 Å². The minimum Gasteiger partial charge on any atom is -0.484 e. The summed E-state index contributed by atoms with van der Waals surface area (Å²) in [6, 6.07) is 11.3. The van der Waals surface area contributed by atoms with Crippen LogP contribution in [0.4, 0.5) is 5.82 Å². The third-order valence-electron chi connectivity index (χ3n) is 3.00. The van der Waals surface area contributed by atoms with Gasteiger partial charge in [0.1, 0.15) is 11.6 Å². The molecular formula is C16H19N3O2. The van der Waals surface area contributed by atoms with E-state index in [0.717, 1.165) is 12.0 Å². The largest absolute Gasteiger partial charge is 0.484 e. The zero-order valence-electron chi connectivity index (χ0n) is 12.0. The average Bonchev–Trinajstić information content (AvgIpc) is 2.53. The predicted octanol–water partition coefficient (Wildman–Crippen LogP) is 2.12. The average molecular weight is 285 g/mol. The second-order valence-corrected chi connectivity index (χ2v) is 4.59. The number of benzene rings is 1. The number of nitrogens with two attached hydrogens (primary N) is 1. The number of carbonyl (C=O) groups excluding carboxylic acids is 1. The first kappa shape index (κ1) is 15.0. The maximum absolute atomic E-state index is 11.8. The normalized spacial score (nSPS) is 10.2. The molecule has 0 saturated carbocycles. The third kappa shape index (κ3) is 4.57. The predicted molar refractivity (Wildman–Crippen MR) is 82.1 cm³/mol. The fourth-order valence-corrected chi connectivity index (χ4v) is 1.85. The minimum absolute atomic E-state index is 0.0539. The number of nitrogens with zero attached hydrogens (tertiary/aromatic N) is 1. The monoisotopic (exact) mass is 285 g/mol. The van der Waals surface area contributed by atoms with Crippen LogP contribution in [0.3, 0.4) is 0 Å². The van der Waals surface area contributed by atoms with Gasteiger partial charge in [-0.3, -0.25) is 4.79 Å². The van der Waals surface area contributed by atoms with Crippen molar-refractivity contribution >= 4 is 11.7 Å². The lowest BCUT2D eigenvalue weighted by molar-refractivity contribution is -0.118. The van der Waals surface area contributed by atoms with Crippen LogP contribution >= 0.6 is 0 Å². The van der Waals surface area contributed by atoms with Gasteiger partial charge in [-0.15, -0.1) is 0 Å². The number of rotatable bonds is 6. The van der Waals surface area contributed by atoms with Gasteiger partial charge in [-0.05, 0) is 41.8 Å². The Morgan fingerprint density at radius 3 is 2.90 bits per heavy atom. The van der Waals surface area contributed by atoms with Crippen LogP contribution in [0.15, 0.2) is 42.6 Å². The molecule has 3 N–H and O–H groups in total. The van der Waals surface area contributed by atoms with E-state index in [0.29, 0.717) is 18.1 Å². The quantitative estimate of drug-likeness (QED) is 0.852. The Morgan fingerprint density at radius 2 is 2.14 bits per heavy atom. The lowest BCUT2D eigenvalue weighted by atomic mass is 10.2. The third-order valence-corrected chi connectivity index (χ3v) is 3.00. The first-order chi connectivity index (χ1) is 10.2. The first-order valence-corrected chi connectivity index (χ1v) is 6.88. The number of aryl methyl sites for hydroxylation is 1. The van der Waals surface area contributed by atoms with Gasteiger partial charge in [0.05, 0.1) is 0 Å². The highest BCUT2D eigenvalue weighted by molar-refractivity contribution is 5.91. The van der Waals surface area contributed by atoms with Gasteiger partial charge < -0.3 is 15.8 Å². The van der Waals surface area contributed by atoms with Gasteiger partial charge >= 0.3 is 0 Å². The van der Waals surface area contributed by atoms with Crippen molar-refractivity contribution in [3.63, 3.8) is 0 Å². The van der Waals surface area contributed by atoms with Crippen LogP contribution < -0.4 is 15.8 Å². The number of anilines is 1. The van der Waals surface area contributed by atoms with E-state index in [4.69, 9.17) is 10.5 Å². The van der Waals surface area contributed by atoms with E-state index >= 15 is 0 Å². The number of amides is 1. The van der Waals surface area contributed by atoms with Crippen LogP contribution in [0.1, 0.15) is 18.1 Å². The highest BCUT2D eigenvalue weighted by Crippen LogP contribution is 2.13. The number of pyridine rings is 1. The molecule has 0 aliphatic rings. The second-order valence-electron chi connectivity index (χ2n) is 4.59. The fourth-order valence-electron chi connectivity index (χ4n) is 1.85. The molecule has 0 spiro atoms. The number of nitrogens with one attached hydrogen (secondary N) is 1. The van der Waals surface area contributed by atoms with Crippen molar-refractivity contribution in [2.24, 2.45) is 5.73 Å². The van der Waals surface area contributed by atoms with Gasteiger partial charge in [-0.1, -0.05) is 19.1 Å². The summed E-state index contributed by atoms with van der Waals surface area (Å²) in [4.78, 5) is 15.9. The van der Waals surface area contributed by atoms with Crippen LogP contribution in [-0.2, 0) is 17.8 Å². The molecule has 1 amide bonds. The van der Waals surface area contributed by atoms with Crippen LogP contribution in [0.2, 0.25) is 0 Å². The smallest absolute Gasteiger partial charge is 0.263 e. The molecule has 0 atom stereocenters. The zero-order valence-corrected chi connectivity index (χ0v) is 12.0. The van der Waals surface area contributed by atoms with Crippen molar-refractivity contribution in [1.29, 1.82) is 0 Å². The van der Waals surface area contributed by atoms with Crippen molar-refractivity contribution in [2.45, 2.75) is 19.9 Å². The van der Waals surface area contributed by atoms with E-state index in [1.54, 1.807) is 12.3 Å².